The van der Waals surface area contributed by atoms with Crippen molar-refractivity contribution in [1.82, 2.24) is 5.32 Å². The standard InChI is InChI=1S/C11H14FN3O3/c1-2-5-13-11(16)7-14-8-3-4-9(12)10(6-8)15(17)18/h3-4,6,14H,2,5,7H2,1H3,(H,13,16). The number of anilines is 1. The number of nitrogens with zero attached hydrogens (tertiary/aromatic N) is 1. The number of amides is 1. The van der Waals surface area contributed by atoms with Gasteiger partial charge in [0.1, 0.15) is 0 Å². The van der Waals surface area contributed by atoms with Gasteiger partial charge in [0.05, 0.1) is 11.5 Å². The van der Waals surface area contributed by atoms with E-state index in [-0.39, 0.29) is 12.5 Å². The van der Waals surface area contributed by atoms with Crippen LogP contribution in [0.2, 0.25) is 0 Å². The minimum atomic E-state index is -0.902. The van der Waals surface area contributed by atoms with Crippen molar-refractivity contribution >= 4 is 17.3 Å². The highest BCUT2D eigenvalue weighted by Gasteiger charge is 2.14. The van der Waals surface area contributed by atoms with Gasteiger partial charge in [-0.3, -0.25) is 14.9 Å². The largest absolute Gasteiger partial charge is 0.376 e. The van der Waals surface area contributed by atoms with E-state index in [2.05, 4.69) is 10.6 Å². The Hall–Kier alpha value is -2.18. The Morgan fingerprint density at radius 2 is 2.22 bits per heavy atom. The number of hydrogen-bond donors (Lipinski definition) is 2. The summed E-state index contributed by atoms with van der Waals surface area (Å²) < 4.78 is 13.0. The number of nitro benzene ring substituents is 1. The molecule has 0 aliphatic carbocycles. The highest BCUT2D eigenvalue weighted by atomic mass is 19.1. The molecule has 0 radical (unpaired) electrons. The zero-order valence-electron chi connectivity index (χ0n) is 9.90. The van der Waals surface area contributed by atoms with Gasteiger partial charge in [-0.15, -0.1) is 0 Å². The third kappa shape index (κ3) is 4.00. The van der Waals surface area contributed by atoms with E-state index in [0.717, 1.165) is 18.6 Å². The number of nitrogens with one attached hydrogen (secondary N) is 2. The maximum Gasteiger partial charge on any atom is 0.306 e. The molecule has 0 saturated carbocycles. The normalized spacial score (nSPS) is 9.89. The number of halogens is 1. The number of nitro groups is 1. The second-order valence-electron chi connectivity index (χ2n) is 3.63. The van der Waals surface area contributed by atoms with Crippen LogP contribution < -0.4 is 10.6 Å². The third-order valence-electron chi connectivity index (χ3n) is 2.17. The molecule has 2 N–H and O–H groups in total. The van der Waals surface area contributed by atoms with E-state index in [1.165, 1.54) is 6.07 Å². The van der Waals surface area contributed by atoms with Crippen LogP contribution >= 0.6 is 0 Å². The molecule has 98 valence electrons. The van der Waals surface area contributed by atoms with Gasteiger partial charge in [0, 0.05) is 18.3 Å². The molecule has 0 bridgehead atoms. The molecule has 0 aliphatic rings. The molecule has 1 aromatic rings. The smallest absolute Gasteiger partial charge is 0.306 e. The second-order valence-corrected chi connectivity index (χ2v) is 3.63. The number of carbonyl (C=O) groups excluding carboxylic acids is 1. The fraction of sp³-hybridized carbons (Fsp3) is 0.364. The average molecular weight is 255 g/mol. The van der Waals surface area contributed by atoms with Crippen LogP contribution in [0.15, 0.2) is 18.2 Å². The molecular weight excluding hydrogens is 241 g/mol. The first-order valence-corrected chi connectivity index (χ1v) is 5.49. The Morgan fingerprint density at radius 3 is 2.83 bits per heavy atom. The molecule has 1 amide bonds. The van der Waals surface area contributed by atoms with Gasteiger partial charge in [-0.25, -0.2) is 0 Å². The van der Waals surface area contributed by atoms with E-state index < -0.39 is 16.4 Å². The molecule has 1 rings (SSSR count). The van der Waals surface area contributed by atoms with Crippen molar-refractivity contribution < 1.29 is 14.1 Å². The van der Waals surface area contributed by atoms with Gasteiger partial charge < -0.3 is 10.6 Å². The van der Waals surface area contributed by atoms with Gasteiger partial charge in [-0.2, -0.15) is 4.39 Å². The first kappa shape index (κ1) is 13.9. The van der Waals surface area contributed by atoms with Crippen molar-refractivity contribution in [3.8, 4) is 0 Å². The quantitative estimate of drug-likeness (QED) is 0.598. The molecular formula is C11H14FN3O3. The van der Waals surface area contributed by atoms with E-state index in [9.17, 15) is 19.3 Å². The SMILES string of the molecule is CCCNC(=O)CNc1ccc(F)c([N+](=O)[O-])c1. The molecule has 0 spiro atoms. The van der Waals surface area contributed by atoms with Gasteiger partial charge >= 0.3 is 5.69 Å². The predicted molar refractivity (Wildman–Crippen MR) is 64.8 cm³/mol. The van der Waals surface area contributed by atoms with E-state index in [1.54, 1.807) is 0 Å². The summed E-state index contributed by atoms with van der Waals surface area (Å²) in [5, 5.41) is 15.8. The Bertz CT molecular complexity index is 451. The summed E-state index contributed by atoms with van der Waals surface area (Å²) in [4.78, 5) is 21.0. The van der Waals surface area contributed by atoms with E-state index in [0.29, 0.717) is 12.2 Å². The summed E-state index contributed by atoms with van der Waals surface area (Å²) in [5.41, 5.74) is -0.288. The lowest BCUT2D eigenvalue weighted by molar-refractivity contribution is -0.387. The molecule has 18 heavy (non-hydrogen) atoms. The number of benzene rings is 1. The third-order valence-corrected chi connectivity index (χ3v) is 2.17. The summed E-state index contributed by atoms with van der Waals surface area (Å²) in [7, 11) is 0. The molecule has 1 aromatic carbocycles. The zero-order chi connectivity index (χ0) is 13.5. The minimum absolute atomic E-state index is 0.0111. The molecule has 0 saturated heterocycles. The van der Waals surface area contributed by atoms with Crippen molar-refractivity contribution in [2.24, 2.45) is 0 Å². The highest BCUT2D eigenvalue weighted by Crippen LogP contribution is 2.21. The minimum Gasteiger partial charge on any atom is -0.376 e. The van der Waals surface area contributed by atoms with Crippen LogP contribution in [0.1, 0.15) is 13.3 Å². The lowest BCUT2D eigenvalue weighted by Crippen LogP contribution is -2.30. The first-order valence-electron chi connectivity index (χ1n) is 5.49. The maximum atomic E-state index is 13.0. The molecule has 7 heteroatoms. The Balaban J connectivity index is 2.60. The molecule has 0 heterocycles. The van der Waals surface area contributed by atoms with Crippen molar-refractivity contribution in [1.29, 1.82) is 0 Å². The maximum absolute atomic E-state index is 13.0. The summed E-state index contributed by atoms with van der Waals surface area (Å²) in [6.07, 6.45) is 0.827. The first-order chi connectivity index (χ1) is 8.54. The van der Waals surface area contributed by atoms with Gasteiger partial charge in [-0.1, -0.05) is 6.92 Å². The van der Waals surface area contributed by atoms with Crippen molar-refractivity contribution in [3.05, 3.63) is 34.1 Å². The highest BCUT2D eigenvalue weighted by molar-refractivity contribution is 5.80. The molecule has 0 unspecified atom stereocenters. The van der Waals surface area contributed by atoms with Crippen LogP contribution in [0.3, 0.4) is 0 Å². The van der Waals surface area contributed by atoms with Crippen molar-refractivity contribution in [3.63, 3.8) is 0 Å². The van der Waals surface area contributed by atoms with Crippen LogP contribution in [0.5, 0.6) is 0 Å². The van der Waals surface area contributed by atoms with Crippen LogP contribution in [0, 0.1) is 15.9 Å². The van der Waals surface area contributed by atoms with Crippen LogP contribution in [0.25, 0.3) is 0 Å². The molecule has 6 nitrogen and oxygen atoms in total. The Morgan fingerprint density at radius 1 is 1.50 bits per heavy atom. The number of rotatable bonds is 6. The van der Waals surface area contributed by atoms with Gasteiger partial charge in [0.15, 0.2) is 0 Å². The lowest BCUT2D eigenvalue weighted by atomic mass is 10.2. The van der Waals surface area contributed by atoms with Crippen LogP contribution in [-0.2, 0) is 4.79 Å². The van der Waals surface area contributed by atoms with E-state index in [4.69, 9.17) is 0 Å². The molecule has 0 atom stereocenters. The van der Waals surface area contributed by atoms with Crippen molar-refractivity contribution in [2.45, 2.75) is 13.3 Å². The predicted octanol–water partition coefficient (Wildman–Crippen LogP) is 1.67. The van der Waals surface area contributed by atoms with Gasteiger partial charge in [0.25, 0.3) is 0 Å². The topological polar surface area (TPSA) is 84.3 Å². The summed E-state index contributed by atoms with van der Waals surface area (Å²) in [5.74, 6) is -1.12. The van der Waals surface area contributed by atoms with Gasteiger partial charge in [0.2, 0.25) is 11.7 Å². The monoisotopic (exact) mass is 255 g/mol. The fourth-order valence-electron chi connectivity index (χ4n) is 1.27. The fourth-order valence-corrected chi connectivity index (χ4v) is 1.27. The molecule has 0 aromatic heterocycles. The average Bonchev–Trinajstić information content (AvgIpc) is 2.35. The van der Waals surface area contributed by atoms with E-state index in [1.807, 2.05) is 6.92 Å². The summed E-state index contributed by atoms with van der Waals surface area (Å²) in [6, 6.07) is 3.39. The molecule has 0 aliphatic heterocycles. The van der Waals surface area contributed by atoms with Crippen LogP contribution in [0.4, 0.5) is 15.8 Å². The van der Waals surface area contributed by atoms with Gasteiger partial charge in [-0.05, 0) is 18.6 Å². The number of hydrogen-bond acceptors (Lipinski definition) is 4. The summed E-state index contributed by atoms with van der Waals surface area (Å²) in [6.45, 7) is 2.49. The zero-order valence-corrected chi connectivity index (χ0v) is 9.90. The lowest BCUT2D eigenvalue weighted by Gasteiger charge is -2.07. The number of carbonyl (C=O) groups is 1. The van der Waals surface area contributed by atoms with E-state index >= 15 is 0 Å². The summed E-state index contributed by atoms with van der Waals surface area (Å²) >= 11 is 0. The Kier molecular flexibility index (Phi) is 5.04. The second kappa shape index (κ2) is 6.53. The van der Waals surface area contributed by atoms with Crippen molar-refractivity contribution in [2.75, 3.05) is 18.4 Å². The molecule has 0 fully saturated rings. The Labute approximate surface area is 103 Å². The van der Waals surface area contributed by atoms with Crippen LogP contribution in [-0.4, -0.2) is 23.9 Å².